The molecule has 1 atom stereocenters. The van der Waals surface area contributed by atoms with Gasteiger partial charge in [-0.05, 0) is 48.7 Å². The Balaban J connectivity index is 2.05. The molecule has 0 saturated carbocycles. The van der Waals surface area contributed by atoms with Crippen LogP contribution in [0.1, 0.15) is 49.9 Å². The van der Waals surface area contributed by atoms with Crippen molar-refractivity contribution in [3.63, 3.8) is 0 Å². The van der Waals surface area contributed by atoms with Crippen molar-refractivity contribution in [2.24, 2.45) is 10.5 Å². The Morgan fingerprint density at radius 1 is 1.08 bits per heavy atom. The van der Waals surface area contributed by atoms with Gasteiger partial charge >= 0.3 is 0 Å². The monoisotopic (exact) mass is 322 g/mol. The van der Waals surface area contributed by atoms with Gasteiger partial charge in [0, 0.05) is 17.5 Å². The molecular formula is C21H26N2O. The second kappa shape index (κ2) is 5.97. The molecule has 0 fully saturated rings. The van der Waals surface area contributed by atoms with Crippen LogP contribution in [0, 0.1) is 19.3 Å². The van der Waals surface area contributed by atoms with Crippen LogP contribution in [0.5, 0.6) is 5.75 Å². The fourth-order valence-electron chi connectivity index (χ4n) is 3.07. The van der Waals surface area contributed by atoms with Crippen molar-refractivity contribution in [2.75, 3.05) is 5.01 Å². The van der Waals surface area contributed by atoms with Gasteiger partial charge in [0.1, 0.15) is 5.75 Å². The van der Waals surface area contributed by atoms with Gasteiger partial charge in [-0.25, -0.2) is 0 Å². The van der Waals surface area contributed by atoms with E-state index in [1.807, 2.05) is 19.1 Å². The lowest BCUT2D eigenvalue weighted by molar-refractivity contribution is 0.469. The molecule has 3 nitrogen and oxygen atoms in total. The van der Waals surface area contributed by atoms with Gasteiger partial charge in [0.2, 0.25) is 0 Å². The summed E-state index contributed by atoms with van der Waals surface area (Å²) in [5.74, 6) is 0.348. The van der Waals surface area contributed by atoms with Crippen LogP contribution in [0.15, 0.2) is 47.6 Å². The number of benzene rings is 2. The molecule has 126 valence electrons. The molecule has 0 aliphatic carbocycles. The predicted octanol–water partition coefficient (Wildman–Crippen LogP) is 5.36. The van der Waals surface area contributed by atoms with Crippen molar-refractivity contribution in [2.45, 2.75) is 47.1 Å². The summed E-state index contributed by atoms with van der Waals surface area (Å²) in [5, 5.41) is 17.2. The first-order chi connectivity index (χ1) is 11.3. The first-order valence-corrected chi connectivity index (χ1v) is 8.49. The molecule has 1 unspecified atom stereocenters. The normalized spacial score (nSPS) is 18.0. The number of hydrogen-bond donors (Lipinski definition) is 1. The molecule has 2 aromatic carbocycles. The Hall–Kier alpha value is -2.29. The smallest absolute Gasteiger partial charge is 0.118 e. The molecule has 1 aliphatic rings. The fourth-order valence-corrected chi connectivity index (χ4v) is 3.07. The zero-order valence-corrected chi connectivity index (χ0v) is 15.2. The molecule has 2 aromatic rings. The summed E-state index contributed by atoms with van der Waals surface area (Å²) in [7, 11) is 0. The van der Waals surface area contributed by atoms with E-state index in [4.69, 9.17) is 5.10 Å². The van der Waals surface area contributed by atoms with E-state index in [1.54, 1.807) is 0 Å². The van der Waals surface area contributed by atoms with Crippen molar-refractivity contribution in [1.82, 2.24) is 0 Å². The third kappa shape index (κ3) is 3.16. The number of phenols is 1. The molecule has 0 radical (unpaired) electrons. The molecule has 1 heterocycles. The summed E-state index contributed by atoms with van der Waals surface area (Å²) in [5.41, 5.74) is 5.54. The number of aromatic hydroxyl groups is 1. The number of hydrogen-bond acceptors (Lipinski definition) is 3. The predicted molar refractivity (Wildman–Crippen MR) is 101 cm³/mol. The summed E-state index contributed by atoms with van der Waals surface area (Å²) < 4.78 is 0. The minimum absolute atomic E-state index is 0.0313. The second-order valence-corrected chi connectivity index (χ2v) is 7.75. The van der Waals surface area contributed by atoms with Crippen LogP contribution < -0.4 is 5.01 Å². The minimum atomic E-state index is 0.0313. The summed E-state index contributed by atoms with van der Waals surface area (Å²) >= 11 is 0. The minimum Gasteiger partial charge on any atom is -0.508 e. The molecule has 0 aromatic heterocycles. The topological polar surface area (TPSA) is 35.8 Å². The Labute approximate surface area is 144 Å². The van der Waals surface area contributed by atoms with Crippen molar-refractivity contribution in [3.8, 4) is 5.75 Å². The lowest BCUT2D eigenvalue weighted by Gasteiger charge is -2.24. The third-order valence-corrected chi connectivity index (χ3v) is 4.66. The number of rotatable bonds is 2. The second-order valence-electron chi connectivity index (χ2n) is 7.75. The van der Waals surface area contributed by atoms with E-state index >= 15 is 0 Å². The van der Waals surface area contributed by atoms with E-state index in [0.29, 0.717) is 5.75 Å². The maximum absolute atomic E-state index is 10.1. The lowest BCUT2D eigenvalue weighted by atomic mass is 9.85. The molecule has 3 heteroatoms. The largest absolute Gasteiger partial charge is 0.508 e. The molecule has 0 spiro atoms. The van der Waals surface area contributed by atoms with E-state index in [9.17, 15) is 5.11 Å². The lowest BCUT2D eigenvalue weighted by Crippen LogP contribution is -2.19. The highest BCUT2D eigenvalue weighted by atomic mass is 16.3. The fraction of sp³-hybridized carbons (Fsp3) is 0.381. The average Bonchev–Trinajstić information content (AvgIpc) is 2.95. The average molecular weight is 322 g/mol. The van der Waals surface area contributed by atoms with E-state index in [0.717, 1.165) is 23.2 Å². The van der Waals surface area contributed by atoms with Crippen LogP contribution in [0.2, 0.25) is 0 Å². The van der Waals surface area contributed by atoms with Crippen molar-refractivity contribution >= 4 is 11.4 Å². The van der Waals surface area contributed by atoms with Gasteiger partial charge < -0.3 is 5.11 Å². The Morgan fingerprint density at radius 3 is 2.46 bits per heavy atom. The van der Waals surface area contributed by atoms with Gasteiger partial charge in [-0.2, -0.15) is 5.10 Å². The van der Waals surface area contributed by atoms with Gasteiger partial charge in [-0.3, -0.25) is 5.01 Å². The first kappa shape index (κ1) is 16.6. The van der Waals surface area contributed by atoms with E-state index < -0.39 is 0 Å². The zero-order chi connectivity index (χ0) is 17.5. The highest BCUT2D eigenvalue weighted by Crippen LogP contribution is 2.40. The number of hydrazone groups is 1. The molecule has 0 amide bonds. The third-order valence-electron chi connectivity index (χ3n) is 4.66. The van der Waals surface area contributed by atoms with E-state index in [-0.39, 0.29) is 11.5 Å². The van der Waals surface area contributed by atoms with Crippen LogP contribution in [0.3, 0.4) is 0 Å². The number of nitrogens with zero attached hydrogens (tertiary/aromatic N) is 2. The van der Waals surface area contributed by atoms with Gasteiger partial charge in [0.15, 0.2) is 0 Å². The van der Waals surface area contributed by atoms with Crippen LogP contribution in [-0.4, -0.2) is 10.8 Å². The SMILES string of the molecule is Cc1cccc(N2N=C(C(C)(C)C)CC2c2ccc(C)c(O)c2)c1. The van der Waals surface area contributed by atoms with E-state index in [2.05, 4.69) is 63.0 Å². The van der Waals surface area contributed by atoms with Crippen LogP contribution >= 0.6 is 0 Å². The van der Waals surface area contributed by atoms with Crippen molar-refractivity contribution < 1.29 is 5.11 Å². The molecule has 24 heavy (non-hydrogen) atoms. The molecule has 0 bridgehead atoms. The Morgan fingerprint density at radius 2 is 1.83 bits per heavy atom. The quantitative estimate of drug-likeness (QED) is 0.807. The Kier molecular flexibility index (Phi) is 4.12. The van der Waals surface area contributed by atoms with E-state index in [1.165, 1.54) is 11.3 Å². The number of aryl methyl sites for hydroxylation is 2. The maximum atomic E-state index is 10.1. The van der Waals surface area contributed by atoms with Crippen LogP contribution in [0.25, 0.3) is 0 Å². The van der Waals surface area contributed by atoms with Gasteiger partial charge in [0.05, 0.1) is 11.7 Å². The summed E-state index contributed by atoms with van der Waals surface area (Å²) in [6.07, 6.45) is 0.875. The number of anilines is 1. The van der Waals surface area contributed by atoms with Gasteiger partial charge in [-0.15, -0.1) is 0 Å². The summed E-state index contributed by atoms with van der Waals surface area (Å²) in [6.45, 7) is 10.6. The zero-order valence-electron chi connectivity index (χ0n) is 15.2. The van der Waals surface area contributed by atoms with Crippen LogP contribution in [-0.2, 0) is 0 Å². The molecule has 0 saturated heterocycles. The highest BCUT2D eigenvalue weighted by Gasteiger charge is 2.34. The van der Waals surface area contributed by atoms with Gasteiger partial charge in [0.25, 0.3) is 0 Å². The molecule has 1 aliphatic heterocycles. The first-order valence-electron chi connectivity index (χ1n) is 8.49. The molecule has 1 N–H and O–H groups in total. The highest BCUT2D eigenvalue weighted by molar-refractivity contribution is 5.93. The summed E-state index contributed by atoms with van der Waals surface area (Å²) in [4.78, 5) is 0. The number of phenolic OH excluding ortho intramolecular Hbond substituents is 1. The summed E-state index contributed by atoms with van der Waals surface area (Å²) in [6, 6.07) is 14.5. The van der Waals surface area contributed by atoms with Crippen molar-refractivity contribution in [1.29, 1.82) is 0 Å². The Bertz CT molecular complexity index is 787. The van der Waals surface area contributed by atoms with Crippen molar-refractivity contribution in [3.05, 3.63) is 59.2 Å². The van der Waals surface area contributed by atoms with Gasteiger partial charge in [-0.1, -0.05) is 45.0 Å². The van der Waals surface area contributed by atoms with Crippen LogP contribution in [0.4, 0.5) is 5.69 Å². The standard InChI is InChI=1S/C21H26N2O/c1-14-7-6-8-17(11-14)23-18(13-20(22-23)21(3,4)5)16-10-9-15(2)19(24)12-16/h6-12,18,24H,13H2,1-5H3. The molecule has 3 rings (SSSR count). The maximum Gasteiger partial charge on any atom is 0.118 e. The molecular weight excluding hydrogens is 296 g/mol.